The maximum Gasteiger partial charge on any atom is 0.360 e. The van der Waals surface area contributed by atoms with E-state index in [1.807, 2.05) is 5.38 Å². The van der Waals surface area contributed by atoms with Gasteiger partial charge in [0.25, 0.3) is 0 Å². The normalized spacial score (nSPS) is 10.6. The summed E-state index contributed by atoms with van der Waals surface area (Å²) in [6, 6.07) is 0. The van der Waals surface area contributed by atoms with E-state index in [9.17, 15) is 4.79 Å². The minimum Gasteiger partial charge on any atom is -0.464 e. The molecule has 0 saturated carbocycles. The Bertz CT molecular complexity index is 522. The van der Waals surface area contributed by atoms with Crippen LogP contribution in [0.3, 0.4) is 0 Å². The van der Waals surface area contributed by atoms with E-state index in [-0.39, 0.29) is 5.69 Å². The van der Waals surface area contributed by atoms with Crippen molar-refractivity contribution in [3.05, 3.63) is 28.0 Å². The summed E-state index contributed by atoms with van der Waals surface area (Å²) in [4.78, 5) is 15.7. The molecule has 0 saturated heterocycles. The average molecular weight is 267 g/mol. The first-order chi connectivity index (χ1) is 8.76. The molecule has 0 radical (unpaired) electrons. The van der Waals surface area contributed by atoms with Crippen molar-refractivity contribution in [3.8, 4) is 0 Å². The van der Waals surface area contributed by atoms with Gasteiger partial charge in [-0.15, -0.1) is 16.4 Å². The molecule has 0 aliphatic rings. The molecule has 2 rings (SSSR count). The fourth-order valence-corrected chi connectivity index (χ4v) is 2.12. The van der Waals surface area contributed by atoms with Gasteiger partial charge in [0.15, 0.2) is 5.69 Å². The molecule has 0 amide bonds. The Morgan fingerprint density at radius 2 is 2.44 bits per heavy atom. The lowest BCUT2D eigenvalue weighted by molar-refractivity contribution is 0.0592. The minimum atomic E-state index is -0.497. The molecule has 2 N–H and O–H groups in total. The summed E-state index contributed by atoms with van der Waals surface area (Å²) in [7, 11) is 1.31. The second kappa shape index (κ2) is 5.69. The summed E-state index contributed by atoms with van der Waals surface area (Å²) >= 11 is 1.51. The number of ether oxygens (including phenoxy) is 1. The van der Waals surface area contributed by atoms with Gasteiger partial charge in [-0.1, -0.05) is 5.21 Å². The first kappa shape index (κ1) is 12.7. The summed E-state index contributed by atoms with van der Waals surface area (Å²) < 4.78 is 6.30. The highest BCUT2D eigenvalue weighted by atomic mass is 32.1. The molecule has 0 aliphatic heterocycles. The van der Waals surface area contributed by atoms with Gasteiger partial charge in [-0.2, -0.15) is 0 Å². The van der Waals surface area contributed by atoms with Crippen molar-refractivity contribution < 1.29 is 9.53 Å². The largest absolute Gasteiger partial charge is 0.464 e. The van der Waals surface area contributed by atoms with E-state index in [0.29, 0.717) is 25.2 Å². The van der Waals surface area contributed by atoms with Crippen molar-refractivity contribution in [1.29, 1.82) is 0 Å². The van der Waals surface area contributed by atoms with E-state index in [0.717, 1.165) is 5.69 Å². The van der Waals surface area contributed by atoms with E-state index in [1.165, 1.54) is 18.4 Å². The SMILES string of the molecule is COC(=O)c1nnn(Cc2cscn2)c1CCN. The van der Waals surface area contributed by atoms with Crippen molar-refractivity contribution in [1.82, 2.24) is 20.0 Å². The lowest BCUT2D eigenvalue weighted by Gasteiger charge is -2.04. The number of nitrogens with two attached hydrogens (primary N) is 1. The average Bonchev–Trinajstić information content (AvgIpc) is 3.01. The van der Waals surface area contributed by atoms with Gasteiger partial charge >= 0.3 is 5.97 Å². The lowest BCUT2D eigenvalue weighted by atomic mass is 10.2. The number of methoxy groups -OCH3 is 1. The third-order valence-corrected chi connectivity index (χ3v) is 3.03. The van der Waals surface area contributed by atoms with Gasteiger partial charge in [-0.25, -0.2) is 14.5 Å². The summed E-state index contributed by atoms with van der Waals surface area (Å²) in [6.07, 6.45) is 0.515. The number of carbonyl (C=O) groups is 1. The van der Waals surface area contributed by atoms with Crippen LogP contribution in [0.4, 0.5) is 0 Å². The molecule has 7 nitrogen and oxygen atoms in total. The Morgan fingerprint density at radius 3 is 3.06 bits per heavy atom. The number of hydrogen-bond donors (Lipinski definition) is 1. The second-order valence-corrected chi connectivity index (χ2v) is 4.27. The van der Waals surface area contributed by atoms with Gasteiger partial charge in [0, 0.05) is 11.8 Å². The molecule has 2 heterocycles. The number of nitrogens with zero attached hydrogens (tertiary/aromatic N) is 4. The maximum atomic E-state index is 11.5. The number of rotatable bonds is 5. The maximum absolute atomic E-state index is 11.5. The van der Waals surface area contributed by atoms with Crippen LogP contribution in [0.15, 0.2) is 10.9 Å². The van der Waals surface area contributed by atoms with E-state index >= 15 is 0 Å². The highest BCUT2D eigenvalue weighted by molar-refractivity contribution is 7.07. The highest BCUT2D eigenvalue weighted by Gasteiger charge is 2.19. The van der Waals surface area contributed by atoms with Crippen molar-refractivity contribution in [3.63, 3.8) is 0 Å². The van der Waals surface area contributed by atoms with Crippen LogP contribution in [0.2, 0.25) is 0 Å². The molecule has 8 heteroatoms. The zero-order chi connectivity index (χ0) is 13.0. The summed E-state index contributed by atoms with van der Waals surface area (Å²) in [5, 5.41) is 9.72. The fourth-order valence-electron chi connectivity index (χ4n) is 1.57. The molecule has 2 aromatic heterocycles. The number of aromatic nitrogens is 4. The van der Waals surface area contributed by atoms with Gasteiger partial charge in [0.2, 0.25) is 0 Å². The number of carbonyl (C=O) groups excluding carboxylic acids is 1. The van der Waals surface area contributed by atoms with Crippen LogP contribution in [0.5, 0.6) is 0 Å². The molecule has 0 bridgehead atoms. The lowest BCUT2D eigenvalue weighted by Crippen LogP contribution is -2.14. The summed E-state index contributed by atoms with van der Waals surface area (Å²) in [5.74, 6) is -0.497. The predicted molar refractivity (Wildman–Crippen MR) is 65.3 cm³/mol. The van der Waals surface area contributed by atoms with Gasteiger partial charge in [-0.3, -0.25) is 0 Å². The number of thiazole rings is 1. The van der Waals surface area contributed by atoms with Crippen LogP contribution in [-0.4, -0.2) is 39.6 Å². The zero-order valence-corrected chi connectivity index (χ0v) is 10.7. The molecule has 0 atom stereocenters. The third-order valence-electron chi connectivity index (χ3n) is 2.39. The summed E-state index contributed by atoms with van der Waals surface area (Å²) in [5.41, 5.74) is 9.06. The molecule has 0 fully saturated rings. The van der Waals surface area contributed by atoms with Crippen LogP contribution in [0.25, 0.3) is 0 Å². The Morgan fingerprint density at radius 1 is 1.61 bits per heavy atom. The summed E-state index contributed by atoms with van der Waals surface area (Å²) in [6.45, 7) is 0.886. The van der Waals surface area contributed by atoms with Crippen molar-refractivity contribution >= 4 is 17.3 Å². The molecule has 0 spiro atoms. The van der Waals surface area contributed by atoms with Gasteiger partial charge in [0.1, 0.15) is 0 Å². The molecule has 0 aliphatic carbocycles. The van der Waals surface area contributed by atoms with Crippen LogP contribution in [-0.2, 0) is 17.7 Å². The predicted octanol–water partition coefficient (Wildman–Crippen LogP) is 0.0707. The quantitative estimate of drug-likeness (QED) is 0.770. The minimum absolute atomic E-state index is 0.221. The molecule has 96 valence electrons. The fraction of sp³-hybridized carbons (Fsp3) is 0.400. The first-order valence-corrected chi connectivity index (χ1v) is 6.28. The van der Waals surface area contributed by atoms with E-state index in [1.54, 1.807) is 10.2 Å². The number of esters is 1. The Hall–Kier alpha value is -1.80. The van der Waals surface area contributed by atoms with Crippen LogP contribution < -0.4 is 5.73 Å². The van der Waals surface area contributed by atoms with Crippen molar-refractivity contribution in [2.45, 2.75) is 13.0 Å². The molecule has 0 aromatic carbocycles. The molecule has 0 unspecified atom stereocenters. The van der Waals surface area contributed by atoms with E-state index in [4.69, 9.17) is 5.73 Å². The third kappa shape index (κ3) is 2.54. The molecular formula is C10H13N5O2S. The smallest absolute Gasteiger partial charge is 0.360 e. The molecular weight excluding hydrogens is 254 g/mol. The standard InChI is InChI=1S/C10H13N5O2S/c1-17-10(16)9-8(2-3-11)15(14-13-9)4-7-5-18-6-12-7/h5-6H,2-4,11H2,1H3. The second-order valence-electron chi connectivity index (χ2n) is 3.55. The Labute approximate surface area is 108 Å². The van der Waals surface area contributed by atoms with Crippen molar-refractivity contribution in [2.75, 3.05) is 13.7 Å². The van der Waals surface area contributed by atoms with Gasteiger partial charge < -0.3 is 10.5 Å². The molecule has 18 heavy (non-hydrogen) atoms. The highest BCUT2D eigenvalue weighted by Crippen LogP contribution is 2.10. The monoisotopic (exact) mass is 267 g/mol. The van der Waals surface area contributed by atoms with Crippen LogP contribution in [0.1, 0.15) is 21.9 Å². The molecule has 2 aromatic rings. The Balaban J connectivity index is 2.29. The van der Waals surface area contributed by atoms with Crippen LogP contribution in [0, 0.1) is 0 Å². The van der Waals surface area contributed by atoms with Crippen LogP contribution >= 0.6 is 11.3 Å². The Kier molecular flexibility index (Phi) is 4.00. The topological polar surface area (TPSA) is 95.9 Å². The van der Waals surface area contributed by atoms with Gasteiger partial charge in [0.05, 0.1) is 30.6 Å². The van der Waals surface area contributed by atoms with Crippen molar-refractivity contribution in [2.24, 2.45) is 5.73 Å². The number of hydrogen-bond acceptors (Lipinski definition) is 7. The zero-order valence-electron chi connectivity index (χ0n) is 9.87. The van der Waals surface area contributed by atoms with E-state index < -0.39 is 5.97 Å². The van der Waals surface area contributed by atoms with E-state index in [2.05, 4.69) is 20.0 Å². The van der Waals surface area contributed by atoms with Gasteiger partial charge in [-0.05, 0) is 6.54 Å². The first-order valence-electron chi connectivity index (χ1n) is 5.34.